The zero-order valence-electron chi connectivity index (χ0n) is 18.9. The molecule has 0 spiro atoms. The summed E-state index contributed by atoms with van der Waals surface area (Å²) in [6, 6.07) is 12.0. The van der Waals surface area contributed by atoms with Gasteiger partial charge in [-0.15, -0.1) is 0 Å². The standard InChI is InChI=1S/C25H28N6O2/c1-18-21-15-22(32)31(14-10-19-7-3-2-4-8-19)25(21)28-24(27-18)20-9-5-12-29(16-20)23(33)17-30-13-6-11-26-30/h2-4,6-8,11,13,20H,5,9-10,12,14-17H2,1H3. The number of anilines is 1. The van der Waals surface area contributed by atoms with Crippen LogP contribution in [0, 0.1) is 6.92 Å². The molecule has 170 valence electrons. The van der Waals surface area contributed by atoms with E-state index >= 15 is 0 Å². The number of piperidine rings is 1. The van der Waals surface area contributed by atoms with Gasteiger partial charge in [-0.25, -0.2) is 9.97 Å². The van der Waals surface area contributed by atoms with E-state index in [-0.39, 0.29) is 24.3 Å². The quantitative estimate of drug-likeness (QED) is 0.583. The zero-order valence-corrected chi connectivity index (χ0v) is 18.9. The molecule has 5 rings (SSSR count). The second-order valence-corrected chi connectivity index (χ2v) is 8.81. The van der Waals surface area contributed by atoms with Gasteiger partial charge in [0.1, 0.15) is 18.2 Å². The monoisotopic (exact) mass is 444 g/mol. The minimum atomic E-state index is 0.0564. The molecule has 2 aromatic heterocycles. The summed E-state index contributed by atoms with van der Waals surface area (Å²) in [4.78, 5) is 38.9. The highest BCUT2D eigenvalue weighted by molar-refractivity contribution is 6.00. The van der Waals surface area contributed by atoms with Crippen molar-refractivity contribution >= 4 is 17.6 Å². The third-order valence-corrected chi connectivity index (χ3v) is 6.56. The molecule has 1 fully saturated rings. The maximum Gasteiger partial charge on any atom is 0.244 e. The summed E-state index contributed by atoms with van der Waals surface area (Å²) < 4.78 is 1.65. The van der Waals surface area contributed by atoms with E-state index < -0.39 is 0 Å². The molecule has 0 radical (unpaired) electrons. The van der Waals surface area contributed by atoms with Crippen LogP contribution < -0.4 is 4.90 Å². The third kappa shape index (κ3) is 4.51. The molecular weight excluding hydrogens is 416 g/mol. The summed E-state index contributed by atoms with van der Waals surface area (Å²) in [5, 5.41) is 4.14. The minimum absolute atomic E-state index is 0.0564. The van der Waals surface area contributed by atoms with Gasteiger partial charge in [0.15, 0.2) is 0 Å². The number of fused-ring (bicyclic) bond motifs is 1. The number of hydrogen-bond acceptors (Lipinski definition) is 5. The lowest BCUT2D eigenvalue weighted by Crippen LogP contribution is -2.41. The van der Waals surface area contributed by atoms with Crippen molar-refractivity contribution in [1.82, 2.24) is 24.6 Å². The number of carbonyl (C=O) groups is 2. The average molecular weight is 445 g/mol. The maximum atomic E-state index is 12.8. The van der Waals surface area contributed by atoms with Crippen molar-refractivity contribution in [2.45, 2.75) is 45.1 Å². The Morgan fingerprint density at radius 2 is 2.00 bits per heavy atom. The number of amides is 2. The first kappa shape index (κ1) is 21.3. The van der Waals surface area contributed by atoms with Gasteiger partial charge in [0.25, 0.3) is 0 Å². The summed E-state index contributed by atoms with van der Waals surface area (Å²) in [6.07, 6.45) is 6.46. The zero-order chi connectivity index (χ0) is 22.8. The van der Waals surface area contributed by atoms with Crippen molar-refractivity contribution in [3.8, 4) is 0 Å². The predicted molar refractivity (Wildman–Crippen MR) is 124 cm³/mol. The lowest BCUT2D eigenvalue weighted by molar-refractivity contribution is -0.133. The Morgan fingerprint density at radius 1 is 1.15 bits per heavy atom. The summed E-state index contributed by atoms with van der Waals surface area (Å²) in [5.74, 6) is 1.69. The van der Waals surface area contributed by atoms with Gasteiger partial charge in [0.2, 0.25) is 11.8 Å². The van der Waals surface area contributed by atoms with Crippen molar-refractivity contribution in [3.05, 3.63) is 71.4 Å². The molecule has 33 heavy (non-hydrogen) atoms. The van der Waals surface area contributed by atoms with Crippen LogP contribution in [0.15, 0.2) is 48.8 Å². The summed E-state index contributed by atoms with van der Waals surface area (Å²) in [5.41, 5.74) is 2.99. The first-order valence-electron chi connectivity index (χ1n) is 11.6. The molecule has 1 saturated heterocycles. The minimum Gasteiger partial charge on any atom is -0.340 e. The number of nitrogens with zero attached hydrogens (tertiary/aromatic N) is 6. The molecule has 4 heterocycles. The van der Waals surface area contributed by atoms with E-state index in [1.807, 2.05) is 41.0 Å². The van der Waals surface area contributed by atoms with Gasteiger partial charge < -0.3 is 4.90 Å². The van der Waals surface area contributed by atoms with Crippen LogP contribution in [0.1, 0.15) is 41.4 Å². The van der Waals surface area contributed by atoms with Crippen LogP contribution in [-0.2, 0) is 29.0 Å². The van der Waals surface area contributed by atoms with Crippen molar-refractivity contribution in [3.63, 3.8) is 0 Å². The van der Waals surface area contributed by atoms with Gasteiger partial charge in [-0.2, -0.15) is 5.10 Å². The van der Waals surface area contributed by atoms with Crippen LogP contribution in [0.25, 0.3) is 0 Å². The van der Waals surface area contributed by atoms with Gasteiger partial charge in [-0.05, 0) is 37.8 Å². The van der Waals surface area contributed by atoms with Crippen molar-refractivity contribution in [2.24, 2.45) is 0 Å². The Balaban J connectivity index is 1.33. The van der Waals surface area contributed by atoms with Gasteiger partial charge in [-0.3, -0.25) is 19.2 Å². The fourth-order valence-corrected chi connectivity index (χ4v) is 4.74. The summed E-state index contributed by atoms with van der Waals surface area (Å²) in [6.45, 7) is 4.14. The maximum absolute atomic E-state index is 12.8. The van der Waals surface area contributed by atoms with Crippen molar-refractivity contribution in [2.75, 3.05) is 24.5 Å². The van der Waals surface area contributed by atoms with Crippen molar-refractivity contribution < 1.29 is 9.59 Å². The van der Waals surface area contributed by atoms with Crippen LogP contribution in [0.4, 0.5) is 5.82 Å². The lowest BCUT2D eigenvalue weighted by Gasteiger charge is -2.32. The van der Waals surface area contributed by atoms with Crippen molar-refractivity contribution in [1.29, 1.82) is 0 Å². The highest BCUT2D eigenvalue weighted by atomic mass is 16.2. The number of hydrogen-bond donors (Lipinski definition) is 0. The van der Waals surface area contributed by atoms with E-state index in [2.05, 4.69) is 17.2 Å². The summed E-state index contributed by atoms with van der Waals surface area (Å²) in [7, 11) is 0. The molecule has 2 amide bonds. The van der Waals surface area contributed by atoms with Crippen LogP contribution >= 0.6 is 0 Å². The lowest BCUT2D eigenvalue weighted by atomic mass is 9.96. The topological polar surface area (TPSA) is 84.2 Å². The summed E-state index contributed by atoms with van der Waals surface area (Å²) >= 11 is 0. The largest absolute Gasteiger partial charge is 0.340 e. The Kier molecular flexibility index (Phi) is 5.90. The Bertz CT molecular complexity index is 1150. The van der Waals surface area contributed by atoms with Gasteiger partial charge in [0.05, 0.1) is 6.42 Å². The molecule has 2 aliphatic heterocycles. The molecule has 0 bridgehead atoms. The number of carbonyl (C=O) groups excluding carboxylic acids is 2. The molecular formula is C25H28N6O2. The molecule has 1 aromatic carbocycles. The van der Waals surface area contributed by atoms with E-state index in [1.54, 1.807) is 17.1 Å². The molecule has 8 heteroatoms. The van der Waals surface area contributed by atoms with E-state index in [0.29, 0.717) is 19.5 Å². The van der Waals surface area contributed by atoms with Gasteiger partial charge >= 0.3 is 0 Å². The predicted octanol–water partition coefficient (Wildman–Crippen LogP) is 2.52. The normalized spacial score (nSPS) is 18.0. The van der Waals surface area contributed by atoms with Crippen LogP contribution in [0.3, 0.4) is 0 Å². The second-order valence-electron chi connectivity index (χ2n) is 8.81. The number of aryl methyl sites for hydroxylation is 1. The molecule has 1 unspecified atom stereocenters. The third-order valence-electron chi connectivity index (χ3n) is 6.56. The number of benzene rings is 1. The van der Waals surface area contributed by atoms with E-state index in [4.69, 9.17) is 9.97 Å². The highest BCUT2D eigenvalue weighted by Crippen LogP contribution is 2.33. The van der Waals surface area contributed by atoms with E-state index in [0.717, 1.165) is 48.7 Å². The van der Waals surface area contributed by atoms with E-state index in [1.165, 1.54) is 5.56 Å². The second kappa shape index (κ2) is 9.13. The first-order valence-corrected chi connectivity index (χ1v) is 11.6. The molecule has 2 aliphatic rings. The highest BCUT2D eigenvalue weighted by Gasteiger charge is 2.33. The first-order chi connectivity index (χ1) is 16.1. The molecule has 0 saturated carbocycles. The van der Waals surface area contributed by atoms with E-state index in [9.17, 15) is 9.59 Å². The van der Waals surface area contributed by atoms with Gasteiger partial charge in [-0.1, -0.05) is 30.3 Å². The number of rotatable bonds is 6. The van der Waals surface area contributed by atoms with Crippen LogP contribution in [-0.4, -0.2) is 56.1 Å². The fourth-order valence-electron chi connectivity index (χ4n) is 4.74. The van der Waals surface area contributed by atoms with Crippen LogP contribution in [0.5, 0.6) is 0 Å². The number of aromatic nitrogens is 4. The average Bonchev–Trinajstić information content (AvgIpc) is 3.46. The smallest absolute Gasteiger partial charge is 0.244 e. The Labute approximate surface area is 193 Å². The van der Waals surface area contributed by atoms with Gasteiger partial charge in [0, 0.05) is 49.2 Å². The molecule has 3 aromatic rings. The molecule has 0 aliphatic carbocycles. The van der Waals surface area contributed by atoms with Crippen LogP contribution in [0.2, 0.25) is 0 Å². The molecule has 0 N–H and O–H groups in total. The Hall–Kier alpha value is -3.55. The number of likely N-dealkylation sites (tertiary alicyclic amines) is 1. The molecule has 1 atom stereocenters. The Morgan fingerprint density at radius 3 is 2.79 bits per heavy atom. The molecule has 8 nitrogen and oxygen atoms in total. The SMILES string of the molecule is Cc1nc(C2CCCN(C(=O)Cn3cccn3)C2)nc2c1CC(=O)N2CCc1ccccc1. The fraction of sp³-hybridized carbons (Fsp3) is 0.400.